The second kappa shape index (κ2) is 4.62. The molecule has 84 valence electrons. The lowest BCUT2D eigenvalue weighted by atomic mass is 10.2. The molecule has 0 bridgehead atoms. The molecule has 2 nitrogen and oxygen atoms in total. The lowest BCUT2D eigenvalue weighted by Gasteiger charge is -2.05. The Kier molecular flexibility index (Phi) is 3.38. The Morgan fingerprint density at radius 3 is 2.50 bits per heavy atom. The van der Waals surface area contributed by atoms with Crippen LogP contribution >= 0.6 is 34.5 Å². The molecule has 0 aliphatic rings. The molecule has 0 amide bonds. The molecule has 2 rings (SSSR count). The first kappa shape index (κ1) is 11.7. The number of hydrogen-bond acceptors (Lipinski definition) is 3. The Balaban J connectivity index is 2.39. The number of halogens is 2. The third-order valence-corrected chi connectivity index (χ3v) is 3.84. The second-order valence-corrected chi connectivity index (χ2v) is 5.19. The molecule has 0 N–H and O–H groups in total. The van der Waals surface area contributed by atoms with Crippen LogP contribution in [0.2, 0.25) is 10.0 Å². The molecule has 0 saturated heterocycles. The van der Waals surface area contributed by atoms with Crippen LogP contribution in [-0.4, -0.2) is 19.1 Å². The van der Waals surface area contributed by atoms with E-state index in [2.05, 4.69) is 4.98 Å². The van der Waals surface area contributed by atoms with Crippen LogP contribution in [0.25, 0.3) is 11.3 Å². The summed E-state index contributed by atoms with van der Waals surface area (Å²) in [5, 5.41) is 4.10. The summed E-state index contributed by atoms with van der Waals surface area (Å²) < 4.78 is 0. The van der Waals surface area contributed by atoms with Gasteiger partial charge in [-0.2, -0.15) is 0 Å². The molecule has 1 heterocycles. The Hall–Kier alpha value is -0.770. The Morgan fingerprint density at radius 1 is 1.19 bits per heavy atom. The maximum absolute atomic E-state index is 5.97. The summed E-state index contributed by atoms with van der Waals surface area (Å²) in [5.41, 5.74) is 1.91. The SMILES string of the molecule is CN(C)c1nc(-c2ccc(Cl)c(Cl)c2)cs1. The molecule has 0 saturated carbocycles. The van der Waals surface area contributed by atoms with Crippen LogP contribution in [0.4, 0.5) is 5.13 Å². The maximum atomic E-state index is 5.97. The van der Waals surface area contributed by atoms with Gasteiger partial charge in [-0.1, -0.05) is 29.3 Å². The predicted molar refractivity (Wildman–Crippen MR) is 71.9 cm³/mol. The maximum Gasteiger partial charge on any atom is 0.185 e. The molecule has 0 aliphatic carbocycles. The highest BCUT2D eigenvalue weighted by atomic mass is 35.5. The van der Waals surface area contributed by atoms with Gasteiger partial charge >= 0.3 is 0 Å². The quantitative estimate of drug-likeness (QED) is 0.815. The van der Waals surface area contributed by atoms with E-state index >= 15 is 0 Å². The molecule has 0 aliphatic heterocycles. The number of anilines is 1. The smallest absolute Gasteiger partial charge is 0.185 e. The molecule has 0 radical (unpaired) electrons. The number of hydrogen-bond donors (Lipinski definition) is 0. The number of thiazole rings is 1. The van der Waals surface area contributed by atoms with E-state index in [9.17, 15) is 0 Å². The van der Waals surface area contributed by atoms with Gasteiger partial charge in [0.05, 0.1) is 15.7 Å². The van der Waals surface area contributed by atoms with Crippen molar-refractivity contribution in [3.63, 3.8) is 0 Å². The van der Waals surface area contributed by atoms with Gasteiger partial charge < -0.3 is 4.90 Å². The van der Waals surface area contributed by atoms with E-state index in [1.54, 1.807) is 17.4 Å². The average molecular weight is 273 g/mol. The minimum atomic E-state index is 0.554. The van der Waals surface area contributed by atoms with Crippen LogP contribution in [0.3, 0.4) is 0 Å². The van der Waals surface area contributed by atoms with E-state index in [0.29, 0.717) is 10.0 Å². The minimum absolute atomic E-state index is 0.554. The average Bonchev–Trinajstić information content (AvgIpc) is 2.71. The van der Waals surface area contributed by atoms with Crippen LogP contribution in [-0.2, 0) is 0 Å². The summed E-state index contributed by atoms with van der Waals surface area (Å²) in [7, 11) is 3.94. The second-order valence-electron chi connectivity index (χ2n) is 3.54. The van der Waals surface area contributed by atoms with Crippen LogP contribution in [0.5, 0.6) is 0 Å². The monoisotopic (exact) mass is 272 g/mol. The lowest BCUT2D eigenvalue weighted by Crippen LogP contribution is -2.07. The Bertz CT molecular complexity index is 508. The fourth-order valence-corrected chi connectivity index (χ4v) is 2.32. The summed E-state index contributed by atoms with van der Waals surface area (Å²) in [6, 6.07) is 5.54. The van der Waals surface area contributed by atoms with Gasteiger partial charge in [-0.25, -0.2) is 4.98 Å². The van der Waals surface area contributed by atoms with E-state index in [4.69, 9.17) is 23.2 Å². The van der Waals surface area contributed by atoms with Crippen molar-refractivity contribution in [2.24, 2.45) is 0 Å². The first-order valence-corrected chi connectivity index (χ1v) is 6.30. The van der Waals surface area contributed by atoms with Gasteiger partial charge in [-0.05, 0) is 12.1 Å². The summed E-state index contributed by atoms with van der Waals surface area (Å²) in [6.45, 7) is 0. The third kappa shape index (κ3) is 2.32. The highest BCUT2D eigenvalue weighted by Gasteiger charge is 2.07. The topological polar surface area (TPSA) is 16.1 Å². The molecule has 1 aromatic heterocycles. The molecule has 0 atom stereocenters. The first-order chi connectivity index (χ1) is 7.58. The van der Waals surface area contributed by atoms with Crippen LogP contribution < -0.4 is 4.90 Å². The molecule has 2 aromatic rings. The van der Waals surface area contributed by atoms with Gasteiger partial charge in [0.25, 0.3) is 0 Å². The number of aromatic nitrogens is 1. The van der Waals surface area contributed by atoms with Gasteiger partial charge in [0.1, 0.15) is 0 Å². The molecule has 5 heteroatoms. The van der Waals surface area contributed by atoms with Gasteiger partial charge in [-0.15, -0.1) is 11.3 Å². The van der Waals surface area contributed by atoms with Crippen molar-refractivity contribution in [1.29, 1.82) is 0 Å². The molecule has 0 fully saturated rings. The highest BCUT2D eigenvalue weighted by molar-refractivity contribution is 7.14. The Morgan fingerprint density at radius 2 is 1.94 bits per heavy atom. The number of rotatable bonds is 2. The lowest BCUT2D eigenvalue weighted by molar-refractivity contribution is 1.11. The van der Waals surface area contributed by atoms with Crippen LogP contribution in [0, 0.1) is 0 Å². The van der Waals surface area contributed by atoms with E-state index < -0.39 is 0 Å². The summed E-state index contributed by atoms with van der Waals surface area (Å²) in [5.74, 6) is 0. The van der Waals surface area contributed by atoms with Crippen molar-refractivity contribution in [2.75, 3.05) is 19.0 Å². The van der Waals surface area contributed by atoms with E-state index in [1.165, 1.54) is 0 Å². The van der Waals surface area contributed by atoms with E-state index in [1.807, 2.05) is 36.5 Å². The predicted octanol–water partition coefficient (Wildman–Crippen LogP) is 4.18. The highest BCUT2D eigenvalue weighted by Crippen LogP contribution is 2.30. The molecular weight excluding hydrogens is 263 g/mol. The molecule has 16 heavy (non-hydrogen) atoms. The van der Waals surface area contributed by atoms with Gasteiger partial charge in [0.2, 0.25) is 0 Å². The zero-order chi connectivity index (χ0) is 11.7. The summed E-state index contributed by atoms with van der Waals surface area (Å²) in [4.78, 5) is 6.47. The van der Waals surface area contributed by atoms with Crippen LogP contribution in [0.1, 0.15) is 0 Å². The molecule has 0 spiro atoms. The van der Waals surface area contributed by atoms with Gasteiger partial charge in [0.15, 0.2) is 5.13 Å². The van der Waals surface area contributed by atoms with Crippen molar-refractivity contribution in [2.45, 2.75) is 0 Å². The fraction of sp³-hybridized carbons (Fsp3) is 0.182. The van der Waals surface area contributed by atoms with Crippen molar-refractivity contribution in [3.8, 4) is 11.3 Å². The fourth-order valence-electron chi connectivity index (χ4n) is 1.26. The number of nitrogens with zero attached hydrogens (tertiary/aromatic N) is 2. The molecule has 1 aromatic carbocycles. The summed E-state index contributed by atoms with van der Waals surface area (Å²) >= 11 is 13.4. The third-order valence-electron chi connectivity index (χ3n) is 2.09. The zero-order valence-electron chi connectivity index (χ0n) is 8.87. The van der Waals surface area contributed by atoms with Crippen molar-refractivity contribution >= 4 is 39.7 Å². The standard InChI is InChI=1S/C11H10Cl2N2S/c1-15(2)11-14-10(6-16-11)7-3-4-8(12)9(13)5-7/h3-6H,1-2H3. The van der Waals surface area contributed by atoms with Crippen molar-refractivity contribution in [1.82, 2.24) is 4.98 Å². The largest absolute Gasteiger partial charge is 0.354 e. The molecular formula is C11H10Cl2N2S. The minimum Gasteiger partial charge on any atom is -0.354 e. The van der Waals surface area contributed by atoms with E-state index in [-0.39, 0.29) is 0 Å². The Labute approximate surface area is 108 Å². The van der Waals surface area contributed by atoms with Crippen molar-refractivity contribution in [3.05, 3.63) is 33.6 Å². The normalized spacial score (nSPS) is 10.5. The van der Waals surface area contributed by atoms with Gasteiger partial charge in [-0.3, -0.25) is 0 Å². The zero-order valence-corrected chi connectivity index (χ0v) is 11.2. The molecule has 0 unspecified atom stereocenters. The van der Waals surface area contributed by atoms with Crippen LogP contribution in [0.15, 0.2) is 23.6 Å². The first-order valence-electron chi connectivity index (χ1n) is 4.66. The van der Waals surface area contributed by atoms with Gasteiger partial charge in [0, 0.05) is 25.0 Å². The van der Waals surface area contributed by atoms with E-state index in [0.717, 1.165) is 16.4 Å². The van der Waals surface area contributed by atoms with Crippen molar-refractivity contribution < 1.29 is 0 Å². The summed E-state index contributed by atoms with van der Waals surface area (Å²) in [6.07, 6.45) is 0. The number of benzene rings is 1.